The van der Waals surface area contributed by atoms with Crippen LogP contribution in [0.5, 0.6) is 0 Å². The molecular formula is C28H31Cl2N3O4S. The Morgan fingerprint density at radius 2 is 1.63 bits per heavy atom. The topological polar surface area (TPSA) is 86.8 Å². The molecule has 0 bridgehead atoms. The molecule has 2 amide bonds. The van der Waals surface area contributed by atoms with E-state index in [-0.39, 0.29) is 17.3 Å². The van der Waals surface area contributed by atoms with Crippen molar-refractivity contribution in [2.45, 2.75) is 45.2 Å². The van der Waals surface area contributed by atoms with Crippen LogP contribution >= 0.6 is 23.2 Å². The molecule has 1 N–H and O–H groups in total. The van der Waals surface area contributed by atoms with Crippen molar-refractivity contribution in [2.24, 2.45) is 0 Å². The number of anilines is 1. The van der Waals surface area contributed by atoms with Crippen LogP contribution in [0.15, 0.2) is 71.6 Å². The maximum absolute atomic E-state index is 13.9. The lowest BCUT2D eigenvalue weighted by Crippen LogP contribution is -2.51. The second-order valence-corrected chi connectivity index (χ2v) is 11.6. The minimum Gasteiger partial charge on any atom is -0.355 e. The Morgan fingerprint density at radius 1 is 0.974 bits per heavy atom. The first kappa shape index (κ1) is 29.5. The first-order chi connectivity index (χ1) is 17.9. The number of carbonyl (C=O) groups is 2. The molecule has 38 heavy (non-hydrogen) atoms. The number of aryl methyl sites for hydroxylation is 2. The van der Waals surface area contributed by atoms with E-state index in [2.05, 4.69) is 5.32 Å². The lowest BCUT2D eigenvalue weighted by Gasteiger charge is -2.32. The summed E-state index contributed by atoms with van der Waals surface area (Å²) in [5.41, 5.74) is 2.53. The number of sulfonamides is 1. The van der Waals surface area contributed by atoms with E-state index in [0.717, 1.165) is 9.87 Å². The maximum atomic E-state index is 13.9. The summed E-state index contributed by atoms with van der Waals surface area (Å²) in [6, 6.07) is 17.4. The zero-order valence-corrected chi connectivity index (χ0v) is 24.1. The number of rotatable bonds is 10. The predicted molar refractivity (Wildman–Crippen MR) is 152 cm³/mol. The highest BCUT2D eigenvalue weighted by atomic mass is 35.5. The fourth-order valence-electron chi connectivity index (χ4n) is 3.93. The average Bonchev–Trinajstić information content (AvgIpc) is 2.87. The van der Waals surface area contributed by atoms with Gasteiger partial charge in [-0.1, -0.05) is 65.2 Å². The summed E-state index contributed by atoms with van der Waals surface area (Å²) >= 11 is 12.4. The first-order valence-corrected chi connectivity index (χ1v) is 14.3. The normalized spacial score (nSPS) is 12.1. The van der Waals surface area contributed by atoms with Gasteiger partial charge >= 0.3 is 0 Å². The van der Waals surface area contributed by atoms with Crippen molar-refractivity contribution in [1.29, 1.82) is 0 Å². The van der Waals surface area contributed by atoms with E-state index >= 15 is 0 Å². The van der Waals surface area contributed by atoms with E-state index in [1.165, 1.54) is 17.0 Å². The Labute approximate surface area is 234 Å². The SMILES string of the molecule is CCNC(=O)[C@H](C)N(Cc1ccc(Cl)cc1Cl)C(=O)CN(c1ccccc1C)S(=O)(=O)c1ccc(C)cc1. The second-order valence-electron chi connectivity index (χ2n) is 8.94. The molecule has 0 aromatic heterocycles. The Hall–Kier alpha value is -3.07. The molecule has 0 radical (unpaired) electrons. The van der Waals surface area contributed by atoms with Crippen LogP contribution in [-0.4, -0.2) is 44.3 Å². The minimum atomic E-state index is -4.12. The molecule has 0 aliphatic heterocycles. The molecule has 3 rings (SSSR count). The monoisotopic (exact) mass is 575 g/mol. The third-order valence-electron chi connectivity index (χ3n) is 6.15. The van der Waals surface area contributed by atoms with Crippen molar-refractivity contribution in [1.82, 2.24) is 10.2 Å². The molecule has 0 fully saturated rings. The number of hydrogen-bond donors (Lipinski definition) is 1. The van der Waals surface area contributed by atoms with Crippen molar-refractivity contribution in [3.05, 3.63) is 93.5 Å². The summed E-state index contributed by atoms with van der Waals surface area (Å²) in [5, 5.41) is 3.50. The lowest BCUT2D eigenvalue weighted by molar-refractivity contribution is -0.139. The Morgan fingerprint density at radius 3 is 2.24 bits per heavy atom. The van der Waals surface area contributed by atoms with Gasteiger partial charge in [0.1, 0.15) is 12.6 Å². The molecule has 0 heterocycles. The smallest absolute Gasteiger partial charge is 0.264 e. The molecule has 0 spiro atoms. The Kier molecular flexibility index (Phi) is 9.82. The van der Waals surface area contributed by atoms with Crippen molar-refractivity contribution in [3.63, 3.8) is 0 Å². The van der Waals surface area contributed by atoms with Gasteiger partial charge in [0, 0.05) is 23.1 Å². The van der Waals surface area contributed by atoms with Gasteiger partial charge in [-0.05, 0) is 69.2 Å². The highest BCUT2D eigenvalue weighted by molar-refractivity contribution is 7.92. The van der Waals surface area contributed by atoms with Crippen LogP contribution in [0.2, 0.25) is 10.0 Å². The number of para-hydroxylation sites is 1. The molecule has 0 aliphatic rings. The number of carbonyl (C=O) groups excluding carboxylic acids is 2. The van der Waals surface area contributed by atoms with Crippen molar-refractivity contribution in [2.75, 3.05) is 17.4 Å². The minimum absolute atomic E-state index is 0.0146. The van der Waals surface area contributed by atoms with Crippen LogP contribution in [0.3, 0.4) is 0 Å². The van der Waals surface area contributed by atoms with Gasteiger partial charge in [-0.2, -0.15) is 0 Å². The summed E-state index contributed by atoms with van der Waals surface area (Å²) in [4.78, 5) is 28.0. The molecule has 3 aromatic rings. The van der Waals surface area contributed by atoms with Gasteiger partial charge in [0.2, 0.25) is 11.8 Å². The molecular weight excluding hydrogens is 545 g/mol. The molecule has 0 saturated heterocycles. The van der Waals surface area contributed by atoms with Gasteiger partial charge in [-0.3, -0.25) is 13.9 Å². The van der Waals surface area contributed by atoms with Crippen LogP contribution in [0.4, 0.5) is 5.69 Å². The molecule has 1 atom stereocenters. The van der Waals surface area contributed by atoms with Gasteiger partial charge in [0.25, 0.3) is 10.0 Å². The third kappa shape index (κ3) is 6.87. The van der Waals surface area contributed by atoms with Crippen LogP contribution in [0.1, 0.15) is 30.5 Å². The van der Waals surface area contributed by atoms with Crippen molar-refractivity contribution < 1.29 is 18.0 Å². The molecule has 3 aromatic carbocycles. The average molecular weight is 577 g/mol. The van der Waals surface area contributed by atoms with Gasteiger partial charge in [0.05, 0.1) is 10.6 Å². The fourth-order valence-corrected chi connectivity index (χ4v) is 5.88. The van der Waals surface area contributed by atoms with Gasteiger partial charge in [-0.15, -0.1) is 0 Å². The van der Waals surface area contributed by atoms with Gasteiger partial charge < -0.3 is 10.2 Å². The zero-order valence-electron chi connectivity index (χ0n) is 21.7. The number of amides is 2. The quantitative estimate of drug-likeness (QED) is 0.352. The molecule has 0 saturated carbocycles. The highest BCUT2D eigenvalue weighted by Gasteiger charge is 2.33. The van der Waals surface area contributed by atoms with E-state index < -0.39 is 28.5 Å². The molecule has 202 valence electrons. The zero-order chi connectivity index (χ0) is 28.0. The fraction of sp³-hybridized carbons (Fsp3) is 0.286. The van der Waals surface area contributed by atoms with Crippen molar-refractivity contribution >= 4 is 50.7 Å². The lowest BCUT2D eigenvalue weighted by atomic mass is 10.1. The van der Waals surface area contributed by atoms with E-state index in [0.29, 0.717) is 33.4 Å². The predicted octanol–water partition coefficient (Wildman–Crippen LogP) is 5.36. The Balaban J connectivity index is 2.06. The second kappa shape index (κ2) is 12.7. The largest absolute Gasteiger partial charge is 0.355 e. The molecule has 0 aliphatic carbocycles. The summed E-state index contributed by atoms with van der Waals surface area (Å²) in [6.45, 7) is 6.86. The standard InChI is InChI=1S/C28H31Cl2N3O4S/c1-5-31-28(35)21(4)32(17-22-12-13-23(29)16-25(22)30)27(34)18-33(26-9-7-6-8-20(26)3)38(36,37)24-14-10-19(2)11-15-24/h6-16,21H,5,17-18H2,1-4H3,(H,31,35)/t21-/m0/s1. The van der Waals surface area contributed by atoms with Crippen molar-refractivity contribution in [3.8, 4) is 0 Å². The van der Waals surface area contributed by atoms with Crippen LogP contribution in [0, 0.1) is 13.8 Å². The number of likely N-dealkylation sites (N-methyl/N-ethyl adjacent to an activating group) is 1. The van der Waals surface area contributed by atoms with E-state index in [4.69, 9.17) is 23.2 Å². The Bertz CT molecular complexity index is 1410. The van der Waals surface area contributed by atoms with E-state index in [1.54, 1.807) is 75.4 Å². The van der Waals surface area contributed by atoms with Gasteiger partial charge in [0.15, 0.2) is 0 Å². The van der Waals surface area contributed by atoms with E-state index in [9.17, 15) is 18.0 Å². The third-order valence-corrected chi connectivity index (χ3v) is 8.51. The van der Waals surface area contributed by atoms with E-state index in [1.807, 2.05) is 6.92 Å². The number of hydrogen-bond acceptors (Lipinski definition) is 4. The summed E-state index contributed by atoms with van der Waals surface area (Å²) < 4.78 is 28.8. The molecule has 10 heteroatoms. The number of benzene rings is 3. The summed E-state index contributed by atoms with van der Waals surface area (Å²) in [7, 11) is -4.12. The van der Waals surface area contributed by atoms with Crippen LogP contribution in [0.25, 0.3) is 0 Å². The van der Waals surface area contributed by atoms with Crippen LogP contribution < -0.4 is 9.62 Å². The number of nitrogens with zero attached hydrogens (tertiary/aromatic N) is 2. The maximum Gasteiger partial charge on any atom is 0.264 e. The number of nitrogens with one attached hydrogen (secondary N) is 1. The molecule has 7 nitrogen and oxygen atoms in total. The summed E-state index contributed by atoms with van der Waals surface area (Å²) in [6.07, 6.45) is 0. The first-order valence-electron chi connectivity index (χ1n) is 12.1. The van der Waals surface area contributed by atoms with Gasteiger partial charge in [-0.25, -0.2) is 8.42 Å². The summed E-state index contributed by atoms with van der Waals surface area (Å²) in [5.74, 6) is -0.927. The number of halogens is 2. The molecule has 0 unspecified atom stereocenters. The highest BCUT2D eigenvalue weighted by Crippen LogP contribution is 2.28. The van der Waals surface area contributed by atoms with Crippen LogP contribution in [-0.2, 0) is 26.2 Å².